The molecule has 1 aromatic heterocycles. The summed E-state index contributed by atoms with van der Waals surface area (Å²) in [6.45, 7) is 5.04. The van der Waals surface area contributed by atoms with Crippen LogP contribution in [0.25, 0.3) is 5.69 Å². The average Bonchev–Trinajstić information content (AvgIpc) is 2.34. The molecule has 0 aliphatic heterocycles. The number of aromatic carboxylic acids is 1. The summed E-state index contributed by atoms with van der Waals surface area (Å²) >= 11 is 0. The highest BCUT2D eigenvalue weighted by Gasteiger charge is 2.17. The number of nitrogens with zero attached hydrogens (tertiary/aromatic N) is 2. The van der Waals surface area contributed by atoms with E-state index in [-0.39, 0.29) is 11.1 Å². The normalized spacial score (nSPS) is 10.5. The van der Waals surface area contributed by atoms with Crippen molar-refractivity contribution in [2.75, 3.05) is 0 Å². The highest BCUT2D eigenvalue weighted by atomic mass is 16.4. The molecule has 0 aliphatic rings. The van der Waals surface area contributed by atoms with Gasteiger partial charge < -0.3 is 5.11 Å². The van der Waals surface area contributed by atoms with Crippen molar-refractivity contribution in [3.8, 4) is 5.69 Å². The number of aryl methyl sites for hydroxylation is 2. The molecule has 19 heavy (non-hydrogen) atoms. The molecule has 1 N–H and O–H groups in total. The van der Waals surface area contributed by atoms with Gasteiger partial charge in [0.2, 0.25) is 0 Å². The van der Waals surface area contributed by atoms with Gasteiger partial charge in [0, 0.05) is 5.56 Å². The van der Waals surface area contributed by atoms with Gasteiger partial charge in [-0.1, -0.05) is 17.7 Å². The maximum Gasteiger partial charge on any atom is 0.338 e. The lowest BCUT2D eigenvalue weighted by Gasteiger charge is -2.10. The summed E-state index contributed by atoms with van der Waals surface area (Å²) in [5.74, 6) is -1.13. The summed E-state index contributed by atoms with van der Waals surface area (Å²) < 4.78 is 1.23. The number of carbonyl (C=O) groups is 1. The van der Waals surface area contributed by atoms with Gasteiger partial charge in [0.05, 0.1) is 16.9 Å². The summed E-state index contributed by atoms with van der Waals surface area (Å²) in [4.78, 5) is 23.3. The molecule has 5 heteroatoms. The van der Waals surface area contributed by atoms with Gasteiger partial charge in [-0.3, -0.25) is 4.79 Å². The molecule has 0 spiro atoms. The summed E-state index contributed by atoms with van der Waals surface area (Å²) in [7, 11) is 0. The van der Waals surface area contributed by atoms with E-state index in [2.05, 4.69) is 5.10 Å². The number of rotatable bonds is 2. The van der Waals surface area contributed by atoms with Gasteiger partial charge in [0.25, 0.3) is 5.56 Å². The van der Waals surface area contributed by atoms with Gasteiger partial charge in [-0.05, 0) is 32.9 Å². The van der Waals surface area contributed by atoms with Crippen LogP contribution < -0.4 is 5.56 Å². The molecule has 0 fully saturated rings. The number of hydrogen-bond donors (Lipinski definition) is 1. The fourth-order valence-electron chi connectivity index (χ4n) is 1.96. The summed E-state index contributed by atoms with van der Waals surface area (Å²) in [6.07, 6.45) is 0. The van der Waals surface area contributed by atoms with E-state index in [9.17, 15) is 9.59 Å². The van der Waals surface area contributed by atoms with Gasteiger partial charge in [-0.15, -0.1) is 0 Å². The molecule has 0 saturated carbocycles. The molecule has 0 aliphatic carbocycles. The first-order chi connectivity index (χ1) is 8.91. The second kappa shape index (κ2) is 4.68. The van der Waals surface area contributed by atoms with Crippen LogP contribution in [-0.4, -0.2) is 20.9 Å². The molecule has 0 bridgehead atoms. The van der Waals surface area contributed by atoms with E-state index < -0.39 is 11.5 Å². The van der Waals surface area contributed by atoms with Crippen LogP contribution in [0.4, 0.5) is 0 Å². The van der Waals surface area contributed by atoms with Gasteiger partial charge in [-0.25, -0.2) is 4.79 Å². The third kappa shape index (κ3) is 2.27. The maximum absolute atomic E-state index is 12.2. The quantitative estimate of drug-likeness (QED) is 0.892. The van der Waals surface area contributed by atoms with Crippen LogP contribution in [-0.2, 0) is 0 Å². The van der Waals surface area contributed by atoms with E-state index in [1.54, 1.807) is 19.1 Å². The Morgan fingerprint density at radius 1 is 1.16 bits per heavy atom. The molecule has 0 saturated heterocycles. The summed E-state index contributed by atoms with van der Waals surface area (Å²) in [5.41, 5.74) is 1.79. The van der Waals surface area contributed by atoms with Gasteiger partial charge in [0.15, 0.2) is 0 Å². The second-order valence-corrected chi connectivity index (χ2v) is 4.44. The molecule has 0 atom stereocenters. The van der Waals surface area contributed by atoms with E-state index in [4.69, 9.17) is 5.11 Å². The van der Waals surface area contributed by atoms with Crippen LogP contribution in [0.15, 0.2) is 29.1 Å². The largest absolute Gasteiger partial charge is 0.478 e. The zero-order valence-electron chi connectivity index (χ0n) is 11.0. The Bertz CT molecular complexity index is 700. The maximum atomic E-state index is 12.2. The van der Waals surface area contributed by atoms with Crippen molar-refractivity contribution < 1.29 is 9.90 Å². The molecule has 2 aromatic rings. The average molecular weight is 258 g/mol. The Morgan fingerprint density at radius 2 is 1.74 bits per heavy atom. The monoisotopic (exact) mass is 258 g/mol. The topological polar surface area (TPSA) is 72.2 Å². The molecule has 1 heterocycles. The number of benzene rings is 1. The van der Waals surface area contributed by atoms with E-state index in [0.717, 1.165) is 5.56 Å². The van der Waals surface area contributed by atoms with Crippen molar-refractivity contribution >= 4 is 5.97 Å². The molecule has 0 radical (unpaired) electrons. The van der Waals surface area contributed by atoms with Crippen molar-refractivity contribution in [3.63, 3.8) is 0 Å². The van der Waals surface area contributed by atoms with E-state index >= 15 is 0 Å². The molecular weight excluding hydrogens is 244 g/mol. The molecule has 2 rings (SSSR count). The minimum atomic E-state index is -1.13. The lowest BCUT2D eigenvalue weighted by molar-refractivity contribution is 0.0694. The molecule has 98 valence electrons. The minimum absolute atomic E-state index is 0.0200. The first kappa shape index (κ1) is 13.0. The fourth-order valence-corrected chi connectivity index (χ4v) is 1.96. The van der Waals surface area contributed by atoms with Crippen LogP contribution in [0.3, 0.4) is 0 Å². The minimum Gasteiger partial charge on any atom is -0.478 e. The van der Waals surface area contributed by atoms with E-state index in [1.165, 1.54) is 11.6 Å². The van der Waals surface area contributed by atoms with Crippen molar-refractivity contribution in [2.24, 2.45) is 0 Å². The Hall–Kier alpha value is -2.43. The predicted octanol–water partition coefficient (Wildman–Crippen LogP) is 1.86. The van der Waals surface area contributed by atoms with Crippen LogP contribution >= 0.6 is 0 Å². The zero-order chi connectivity index (χ0) is 14.2. The smallest absolute Gasteiger partial charge is 0.338 e. The first-order valence-corrected chi connectivity index (χ1v) is 5.82. The van der Waals surface area contributed by atoms with Crippen molar-refractivity contribution in [3.05, 3.63) is 57.0 Å². The highest BCUT2D eigenvalue weighted by Crippen LogP contribution is 2.11. The zero-order valence-corrected chi connectivity index (χ0v) is 11.0. The fraction of sp³-hybridized carbons (Fsp3) is 0.214. The van der Waals surface area contributed by atoms with Crippen LogP contribution in [0.5, 0.6) is 0 Å². The lowest BCUT2D eigenvalue weighted by Crippen LogP contribution is -2.27. The van der Waals surface area contributed by atoms with Crippen molar-refractivity contribution in [1.29, 1.82) is 0 Å². The standard InChI is InChI=1S/C14H14N2O3/c1-8-4-6-11(7-5-8)16-13(17)9(2)12(14(18)19)10(3)15-16/h4-7H,1-3H3,(H,18,19). The number of carboxylic acid groups (broad SMARTS) is 1. The van der Waals surface area contributed by atoms with Gasteiger partial charge >= 0.3 is 5.97 Å². The molecule has 5 nitrogen and oxygen atoms in total. The first-order valence-electron chi connectivity index (χ1n) is 5.82. The van der Waals surface area contributed by atoms with Crippen LogP contribution in [0.1, 0.15) is 27.2 Å². The molecular formula is C14H14N2O3. The van der Waals surface area contributed by atoms with Crippen molar-refractivity contribution in [1.82, 2.24) is 9.78 Å². The number of aromatic nitrogens is 2. The third-order valence-electron chi connectivity index (χ3n) is 2.99. The lowest BCUT2D eigenvalue weighted by atomic mass is 10.1. The SMILES string of the molecule is Cc1ccc(-n2nc(C)c(C(=O)O)c(C)c2=O)cc1. The Balaban J connectivity index is 2.70. The number of carboxylic acids is 1. The summed E-state index contributed by atoms with van der Waals surface area (Å²) in [5, 5.41) is 13.2. The molecule has 1 aromatic carbocycles. The third-order valence-corrected chi connectivity index (χ3v) is 2.99. The Kier molecular flexibility index (Phi) is 3.21. The highest BCUT2D eigenvalue weighted by molar-refractivity contribution is 5.90. The Morgan fingerprint density at radius 3 is 2.26 bits per heavy atom. The van der Waals surface area contributed by atoms with Crippen LogP contribution in [0.2, 0.25) is 0 Å². The number of hydrogen-bond acceptors (Lipinski definition) is 3. The molecule has 0 unspecified atom stereocenters. The van der Waals surface area contributed by atoms with Gasteiger partial charge in [-0.2, -0.15) is 9.78 Å². The predicted molar refractivity (Wildman–Crippen MR) is 71.0 cm³/mol. The van der Waals surface area contributed by atoms with Crippen LogP contribution in [0, 0.1) is 20.8 Å². The summed E-state index contributed by atoms with van der Waals surface area (Å²) in [6, 6.07) is 7.31. The van der Waals surface area contributed by atoms with Crippen molar-refractivity contribution in [2.45, 2.75) is 20.8 Å². The Labute approximate surface area is 110 Å². The van der Waals surface area contributed by atoms with E-state index in [1.807, 2.05) is 19.1 Å². The molecule has 0 amide bonds. The second-order valence-electron chi connectivity index (χ2n) is 4.44. The van der Waals surface area contributed by atoms with E-state index in [0.29, 0.717) is 11.4 Å². The van der Waals surface area contributed by atoms with Gasteiger partial charge in [0.1, 0.15) is 0 Å².